The maximum Gasteiger partial charge on any atom is 0.216 e. The average molecular weight is 386 g/mol. The van der Waals surface area contributed by atoms with Gasteiger partial charge < -0.3 is 11.1 Å². The molecule has 3 rings (SSSR count). The van der Waals surface area contributed by atoms with Crippen LogP contribution in [0.5, 0.6) is 0 Å². The van der Waals surface area contributed by atoms with Crippen LogP contribution in [0.3, 0.4) is 0 Å². The van der Waals surface area contributed by atoms with E-state index in [0.29, 0.717) is 23.8 Å². The number of pyridine rings is 1. The molecule has 0 saturated heterocycles. The number of anilines is 2. The number of sulfonamides is 1. The highest BCUT2D eigenvalue weighted by Gasteiger charge is 2.15. The van der Waals surface area contributed by atoms with Crippen LogP contribution in [0, 0.1) is 0 Å². The van der Waals surface area contributed by atoms with E-state index in [4.69, 9.17) is 5.73 Å². The average Bonchev–Trinajstić information content (AvgIpc) is 2.59. The molecular weight excluding hydrogens is 364 g/mol. The first kappa shape index (κ1) is 19.0. The van der Waals surface area contributed by atoms with E-state index in [0.717, 1.165) is 16.5 Å². The minimum Gasteiger partial charge on any atom is -0.384 e. The normalized spacial score (nSPS) is 11.8. The standard InChI is InChI=1S/C18H22N6O2S/c1-12(2)24-27(25,26)10-14-6-4-3-5-13(14)9-20-17-15-7-8-16(19)23-18(15)22-11-21-17/h3-8,11-12,24H,9-10H2,1-2H3,(H3,19,20,21,22,23). The Hall–Kier alpha value is -2.78. The summed E-state index contributed by atoms with van der Waals surface area (Å²) >= 11 is 0. The van der Waals surface area contributed by atoms with Crippen LogP contribution in [0.25, 0.3) is 11.0 Å². The van der Waals surface area contributed by atoms with Crippen molar-refractivity contribution in [2.45, 2.75) is 32.2 Å². The highest BCUT2D eigenvalue weighted by atomic mass is 32.2. The van der Waals surface area contributed by atoms with Gasteiger partial charge in [0.2, 0.25) is 10.0 Å². The summed E-state index contributed by atoms with van der Waals surface area (Å²) in [7, 11) is -3.41. The van der Waals surface area contributed by atoms with Crippen LogP contribution in [0.2, 0.25) is 0 Å². The Balaban J connectivity index is 1.82. The number of rotatable bonds is 7. The molecule has 0 saturated carbocycles. The number of nitrogens with one attached hydrogen (secondary N) is 2. The number of hydrogen-bond acceptors (Lipinski definition) is 7. The Kier molecular flexibility index (Phi) is 5.52. The van der Waals surface area contributed by atoms with Crippen LogP contribution in [-0.4, -0.2) is 29.4 Å². The van der Waals surface area contributed by atoms with Crippen molar-refractivity contribution < 1.29 is 8.42 Å². The summed E-state index contributed by atoms with van der Waals surface area (Å²) in [4.78, 5) is 12.6. The third kappa shape index (κ3) is 4.89. The third-order valence-electron chi connectivity index (χ3n) is 3.84. The fourth-order valence-corrected chi connectivity index (χ4v) is 4.25. The summed E-state index contributed by atoms with van der Waals surface area (Å²) in [6.45, 7) is 4.02. The summed E-state index contributed by atoms with van der Waals surface area (Å²) < 4.78 is 27.2. The zero-order valence-corrected chi connectivity index (χ0v) is 16.0. The highest BCUT2D eigenvalue weighted by molar-refractivity contribution is 7.88. The van der Waals surface area contributed by atoms with Gasteiger partial charge in [0, 0.05) is 12.6 Å². The predicted molar refractivity (Wildman–Crippen MR) is 106 cm³/mol. The summed E-state index contributed by atoms with van der Waals surface area (Å²) in [5.74, 6) is 0.928. The lowest BCUT2D eigenvalue weighted by atomic mass is 10.1. The molecule has 0 spiro atoms. The Labute approximate surface area is 158 Å². The smallest absolute Gasteiger partial charge is 0.216 e. The number of aromatic nitrogens is 3. The number of hydrogen-bond donors (Lipinski definition) is 3. The SMILES string of the molecule is CC(C)NS(=O)(=O)Cc1ccccc1CNc1ncnc2nc(N)ccc12. The fraction of sp³-hybridized carbons (Fsp3) is 0.278. The van der Waals surface area contributed by atoms with Crippen LogP contribution in [0.1, 0.15) is 25.0 Å². The van der Waals surface area contributed by atoms with Crippen molar-refractivity contribution >= 4 is 32.7 Å². The molecule has 0 fully saturated rings. The molecule has 0 aliphatic rings. The van der Waals surface area contributed by atoms with Gasteiger partial charge >= 0.3 is 0 Å². The van der Waals surface area contributed by atoms with E-state index in [1.165, 1.54) is 6.33 Å². The van der Waals surface area contributed by atoms with Gasteiger partial charge in [-0.15, -0.1) is 0 Å². The monoisotopic (exact) mass is 386 g/mol. The number of nitrogens with two attached hydrogens (primary N) is 1. The second kappa shape index (κ2) is 7.85. The Morgan fingerprint density at radius 3 is 2.56 bits per heavy atom. The van der Waals surface area contributed by atoms with Crippen molar-refractivity contribution in [3.63, 3.8) is 0 Å². The topological polar surface area (TPSA) is 123 Å². The molecule has 3 aromatic rings. The Bertz CT molecular complexity index is 1050. The molecule has 9 heteroatoms. The van der Waals surface area contributed by atoms with E-state index in [1.807, 2.05) is 30.3 Å². The van der Waals surface area contributed by atoms with E-state index >= 15 is 0 Å². The quantitative estimate of drug-likeness (QED) is 0.568. The molecule has 142 valence electrons. The third-order valence-corrected chi connectivity index (χ3v) is 5.37. The van der Waals surface area contributed by atoms with Crippen LogP contribution in [0.15, 0.2) is 42.7 Å². The minimum atomic E-state index is -3.41. The predicted octanol–water partition coefficient (Wildman–Crippen LogP) is 2.05. The molecule has 2 heterocycles. The first-order valence-corrected chi connectivity index (χ1v) is 10.2. The molecule has 0 unspecified atom stereocenters. The van der Waals surface area contributed by atoms with Gasteiger partial charge in [-0.25, -0.2) is 28.1 Å². The summed E-state index contributed by atoms with van der Waals surface area (Å²) in [6.07, 6.45) is 1.42. The maximum absolute atomic E-state index is 12.3. The van der Waals surface area contributed by atoms with Gasteiger partial charge in [-0.05, 0) is 37.1 Å². The molecule has 0 aliphatic carbocycles. The van der Waals surface area contributed by atoms with Gasteiger partial charge in [-0.1, -0.05) is 24.3 Å². The summed E-state index contributed by atoms with van der Waals surface area (Å²) in [5, 5.41) is 3.99. The van der Waals surface area contributed by atoms with Crippen molar-refractivity contribution in [2.75, 3.05) is 11.1 Å². The van der Waals surface area contributed by atoms with Gasteiger partial charge in [-0.3, -0.25) is 0 Å². The first-order valence-electron chi connectivity index (χ1n) is 8.52. The Morgan fingerprint density at radius 1 is 1.07 bits per heavy atom. The lowest BCUT2D eigenvalue weighted by Crippen LogP contribution is -2.31. The zero-order valence-electron chi connectivity index (χ0n) is 15.2. The lowest BCUT2D eigenvalue weighted by Gasteiger charge is -2.14. The Morgan fingerprint density at radius 2 is 1.81 bits per heavy atom. The molecule has 4 N–H and O–H groups in total. The largest absolute Gasteiger partial charge is 0.384 e. The van der Waals surface area contributed by atoms with Crippen molar-refractivity contribution in [3.05, 3.63) is 53.9 Å². The van der Waals surface area contributed by atoms with Crippen LogP contribution in [-0.2, 0) is 22.3 Å². The van der Waals surface area contributed by atoms with Gasteiger partial charge in [-0.2, -0.15) is 0 Å². The fourth-order valence-electron chi connectivity index (χ4n) is 2.75. The number of nitrogens with zero attached hydrogens (tertiary/aromatic N) is 3. The molecule has 0 aliphatic heterocycles. The molecule has 0 atom stereocenters. The molecule has 8 nitrogen and oxygen atoms in total. The maximum atomic E-state index is 12.3. The second-order valence-corrected chi connectivity index (χ2v) is 8.24. The van der Waals surface area contributed by atoms with Gasteiger partial charge in [0.15, 0.2) is 5.65 Å². The van der Waals surface area contributed by atoms with E-state index < -0.39 is 10.0 Å². The van der Waals surface area contributed by atoms with Crippen LogP contribution < -0.4 is 15.8 Å². The molecular formula is C18H22N6O2S. The molecule has 1 aromatic carbocycles. The highest BCUT2D eigenvalue weighted by Crippen LogP contribution is 2.20. The van der Waals surface area contributed by atoms with Crippen molar-refractivity contribution in [2.24, 2.45) is 0 Å². The zero-order chi connectivity index (χ0) is 19.4. The molecule has 0 amide bonds. The van der Waals surface area contributed by atoms with Crippen molar-refractivity contribution in [3.8, 4) is 0 Å². The van der Waals surface area contributed by atoms with E-state index in [-0.39, 0.29) is 11.8 Å². The summed E-state index contributed by atoms with van der Waals surface area (Å²) in [5.41, 5.74) is 7.81. The van der Waals surface area contributed by atoms with Crippen LogP contribution >= 0.6 is 0 Å². The van der Waals surface area contributed by atoms with E-state index in [1.54, 1.807) is 19.9 Å². The molecule has 0 bridgehead atoms. The lowest BCUT2D eigenvalue weighted by molar-refractivity contribution is 0.569. The van der Waals surface area contributed by atoms with Crippen molar-refractivity contribution in [1.82, 2.24) is 19.7 Å². The summed E-state index contributed by atoms with van der Waals surface area (Å²) in [6, 6.07) is 10.8. The van der Waals surface area contributed by atoms with E-state index in [9.17, 15) is 8.42 Å². The van der Waals surface area contributed by atoms with Gasteiger partial charge in [0.25, 0.3) is 0 Å². The van der Waals surface area contributed by atoms with Gasteiger partial charge in [0.05, 0.1) is 11.1 Å². The number of fused-ring (bicyclic) bond motifs is 1. The van der Waals surface area contributed by atoms with E-state index in [2.05, 4.69) is 25.0 Å². The van der Waals surface area contributed by atoms with Crippen molar-refractivity contribution in [1.29, 1.82) is 0 Å². The molecule has 2 aromatic heterocycles. The molecule has 27 heavy (non-hydrogen) atoms. The first-order chi connectivity index (χ1) is 12.8. The molecule has 0 radical (unpaired) electrons. The number of nitrogen functional groups attached to an aromatic ring is 1. The second-order valence-electron chi connectivity index (χ2n) is 6.48. The number of benzene rings is 1. The van der Waals surface area contributed by atoms with Crippen LogP contribution in [0.4, 0.5) is 11.6 Å². The van der Waals surface area contributed by atoms with Gasteiger partial charge in [0.1, 0.15) is 18.0 Å². The minimum absolute atomic E-state index is 0.0777.